The van der Waals surface area contributed by atoms with Gasteiger partial charge in [-0.2, -0.15) is 0 Å². The molecule has 0 aromatic rings. The summed E-state index contributed by atoms with van der Waals surface area (Å²) in [7, 11) is 25.0. The van der Waals surface area contributed by atoms with E-state index in [-0.39, 0.29) is 11.0 Å². The van der Waals surface area contributed by atoms with Gasteiger partial charge in [0.05, 0.1) is 0 Å². The first-order valence-corrected chi connectivity index (χ1v) is 17.6. The van der Waals surface area contributed by atoms with E-state index < -0.39 is 7.31 Å². The average molecular weight is 446 g/mol. The molecule has 0 heterocycles. The van der Waals surface area contributed by atoms with Crippen LogP contribution in [0.15, 0.2) is 0 Å². The van der Waals surface area contributed by atoms with Crippen LogP contribution < -0.4 is 0 Å². The molecule has 0 saturated heterocycles. The fourth-order valence-electron chi connectivity index (χ4n) is 0. The number of hydrogen-bond acceptors (Lipinski definition) is 0. The summed E-state index contributed by atoms with van der Waals surface area (Å²) in [4.78, 5) is 0. The summed E-state index contributed by atoms with van der Waals surface area (Å²) < 4.78 is 0. The van der Waals surface area contributed by atoms with E-state index in [1.807, 2.05) is 0 Å². The Morgan fingerprint density at radius 2 is 0.556 bits per heavy atom. The number of rotatable bonds is 0. The molecule has 70 valence electrons. The summed E-state index contributed by atoms with van der Waals surface area (Å²) in [5.74, 6) is 0. The quantitative estimate of drug-likeness (QED) is 0.514. The van der Waals surface area contributed by atoms with Crippen LogP contribution in [0.5, 0.6) is 0 Å². The molecule has 0 rings (SSSR count). The van der Waals surface area contributed by atoms with Gasteiger partial charge >= 0.3 is 63.8 Å². The standard InChI is InChI=1S/6ClH.2H2O.Pt/h6*1H;2*1H2;/q;;;;;;;;+4/p-4. The van der Waals surface area contributed by atoms with Crippen LogP contribution >= 0.6 is 56.5 Å². The van der Waals surface area contributed by atoms with Crippen LogP contribution in [0.3, 0.4) is 0 Å². The number of halogens is 6. The zero-order valence-electron chi connectivity index (χ0n) is 3.74. The van der Waals surface area contributed by atoms with Crippen molar-refractivity contribution in [3.05, 3.63) is 0 Å². The van der Waals surface area contributed by atoms with Gasteiger partial charge in [0.15, 0.2) is 0 Å². The second-order valence-electron chi connectivity index (χ2n) is 0.678. The van der Waals surface area contributed by atoms with Crippen molar-refractivity contribution in [2.45, 2.75) is 0 Å². The van der Waals surface area contributed by atoms with E-state index in [4.69, 9.17) is 56.5 Å². The molecule has 9 heavy (non-hydrogen) atoms. The molecule has 9 heteroatoms. The van der Waals surface area contributed by atoms with Crippen molar-refractivity contribution in [1.29, 1.82) is 0 Å². The maximum absolute atomic E-state index is 5.29. The molecular weight excluding hydrogens is 440 g/mol. The van der Waals surface area contributed by atoms with Gasteiger partial charge < -0.3 is 11.0 Å². The van der Waals surface area contributed by atoms with Crippen molar-refractivity contribution < 1.29 is 18.3 Å². The van der Waals surface area contributed by atoms with Crippen LogP contribution in [0, 0.1) is 0 Å². The van der Waals surface area contributed by atoms with Crippen LogP contribution in [-0.2, 0) is 18.3 Å². The molecule has 0 saturated carbocycles. The minimum atomic E-state index is -5.29. The minimum absolute atomic E-state index is 0. The largest absolute Gasteiger partial charge is 0.457 e. The predicted molar refractivity (Wildman–Crippen MR) is 44.9 cm³/mol. The maximum Gasteiger partial charge on any atom is -0.457 e. The second-order valence-corrected chi connectivity index (χ2v) is 49.9. The van der Waals surface area contributed by atoms with Crippen molar-refractivity contribution in [3.63, 3.8) is 0 Å². The van der Waals surface area contributed by atoms with E-state index in [1.54, 1.807) is 0 Å². The van der Waals surface area contributed by atoms with Crippen molar-refractivity contribution >= 4 is 56.5 Å². The molecule has 2 nitrogen and oxygen atoms in total. The van der Waals surface area contributed by atoms with E-state index in [2.05, 4.69) is 0 Å². The first-order valence-electron chi connectivity index (χ1n) is 0.717. The molecule has 0 amide bonds. The summed E-state index contributed by atoms with van der Waals surface area (Å²) in [6.45, 7) is 0. The molecule has 6 N–H and O–H groups in total. The van der Waals surface area contributed by atoms with E-state index in [0.29, 0.717) is 0 Å². The Hall–Kier alpha value is 2.35. The van der Waals surface area contributed by atoms with Crippen molar-refractivity contribution in [1.82, 2.24) is 0 Å². The van der Waals surface area contributed by atoms with Crippen molar-refractivity contribution in [3.8, 4) is 0 Å². The molecule has 0 aromatic carbocycles. The fraction of sp³-hybridized carbons (Fsp3) is 0. The number of hydrogen-bond donors (Lipinski definition) is 0. The van der Waals surface area contributed by atoms with Crippen LogP contribution in [0.1, 0.15) is 0 Å². The van der Waals surface area contributed by atoms with E-state index in [1.165, 1.54) is 0 Å². The Morgan fingerprint density at radius 1 is 0.556 bits per heavy atom. The normalized spacial score (nSPS) is 18.0. The van der Waals surface area contributed by atoms with Gasteiger partial charge in [0.2, 0.25) is 0 Å². The van der Waals surface area contributed by atoms with E-state index in [0.717, 1.165) is 0 Å². The molecule has 0 aliphatic heterocycles. The molecular formula is H6Cl6O2Pt. The molecule has 0 radical (unpaired) electrons. The van der Waals surface area contributed by atoms with Gasteiger partial charge in [-0.25, -0.2) is 0 Å². The molecule has 0 bridgehead atoms. The van der Waals surface area contributed by atoms with Gasteiger partial charge in [0.25, 0.3) is 0 Å². The Balaban J connectivity index is -0.000000180. The molecule has 0 unspecified atom stereocenters. The van der Waals surface area contributed by atoms with E-state index in [9.17, 15) is 0 Å². The van der Waals surface area contributed by atoms with Crippen molar-refractivity contribution in [2.24, 2.45) is 0 Å². The SMILES string of the molecule is [Cl][Pt-2]([Cl])([Cl])([Cl])([Cl])[Cl].[OH3+].[OH3+]. The molecule has 0 atom stereocenters. The molecule has 0 aliphatic rings. The van der Waals surface area contributed by atoms with E-state index >= 15 is 0 Å². The smallest absolute Gasteiger partial charge is 0.457 e. The third kappa shape index (κ3) is 131. The Morgan fingerprint density at radius 3 is 0.556 bits per heavy atom. The Bertz CT molecular complexity index is 69.6. The van der Waals surface area contributed by atoms with Crippen molar-refractivity contribution in [2.75, 3.05) is 0 Å². The van der Waals surface area contributed by atoms with Gasteiger partial charge in [-0.05, 0) is 0 Å². The summed E-state index contributed by atoms with van der Waals surface area (Å²) in [5, 5.41) is 0. The predicted octanol–water partition coefficient (Wildman–Crippen LogP) is 2.29. The Kier molecular flexibility index (Phi) is 5.82. The third-order valence-electron chi connectivity index (χ3n) is 0. The second kappa shape index (κ2) is 3.00. The minimum Gasteiger partial charge on any atom is -0.457 e. The van der Waals surface area contributed by atoms with Crippen LogP contribution in [0.2, 0.25) is 0 Å². The summed E-state index contributed by atoms with van der Waals surface area (Å²) in [6, 6.07) is 0. The summed E-state index contributed by atoms with van der Waals surface area (Å²) in [5.41, 5.74) is 0. The maximum atomic E-state index is 5.05. The first-order chi connectivity index (χ1) is 2.45. The van der Waals surface area contributed by atoms with Gasteiger partial charge in [-0.1, -0.05) is 0 Å². The molecule has 0 aromatic heterocycles. The topological polar surface area (TPSA) is 66.0 Å². The first kappa shape index (κ1) is 17.4. The van der Waals surface area contributed by atoms with Gasteiger partial charge in [-0.3, -0.25) is 0 Å². The average Bonchev–Trinajstić information content (AvgIpc) is 0.592. The van der Waals surface area contributed by atoms with Crippen LogP contribution in [-0.4, -0.2) is 0 Å². The monoisotopic (exact) mass is 443 g/mol. The molecule has 0 aliphatic carbocycles. The van der Waals surface area contributed by atoms with Gasteiger partial charge in [0.1, 0.15) is 0 Å². The summed E-state index contributed by atoms with van der Waals surface area (Å²) >= 11 is 0. The Labute approximate surface area is 73.9 Å². The van der Waals surface area contributed by atoms with Gasteiger partial charge in [0, 0.05) is 0 Å². The molecule has 0 spiro atoms. The summed E-state index contributed by atoms with van der Waals surface area (Å²) in [6.07, 6.45) is 0. The van der Waals surface area contributed by atoms with Crippen LogP contribution in [0.4, 0.5) is 0 Å². The fourth-order valence-corrected chi connectivity index (χ4v) is 0. The zero-order valence-corrected chi connectivity index (χ0v) is 10.5. The third-order valence-corrected chi connectivity index (χ3v) is 0. The van der Waals surface area contributed by atoms with Crippen LogP contribution in [0.25, 0.3) is 0 Å². The molecule has 0 fully saturated rings. The zero-order chi connectivity index (χ0) is 6.41. The van der Waals surface area contributed by atoms with Gasteiger partial charge in [-0.15, -0.1) is 0 Å².